The predicted octanol–water partition coefficient (Wildman–Crippen LogP) is 1.38. The van der Waals surface area contributed by atoms with Crippen LogP contribution in [0.15, 0.2) is 9.98 Å². The smallest absolute Gasteiger partial charge is 0.106 e. The number of aryl methyl sites for hydroxylation is 1. The Kier molecular flexibility index (Phi) is 4.40. The van der Waals surface area contributed by atoms with Crippen LogP contribution in [0.3, 0.4) is 0 Å². The normalized spacial score (nSPS) is 18.8. The van der Waals surface area contributed by atoms with E-state index in [2.05, 4.69) is 41.9 Å². The van der Waals surface area contributed by atoms with Gasteiger partial charge in [0.15, 0.2) is 0 Å². The van der Waals surface area contributed by atoms with E-state index in [1.54, 1.807) is 7.05 Å². The molecule has 1 aliphatic rings. The zero-order valence-corrected chi connectivity index (χ0v) is 13.3. The number of aromatic amines is 1. The Balaban J connectivity index is 0.00000144. The number of H-pyrrole nitrogens is 1. The van der Waals surface area contributed by atoms with Crippen molar-refractivity contribution in [3.8, 4) is 0 Å². The molecule has 4 nitrogen and oxygen atoms in total. The van der Waals surface area contributed by atoms with Crippen LogP contribution in [-0.4, -0.2) is 22.7 Å². The first-order valence-corrected chi connectivity index (χ1v) is 5.52. The number of aliphatic imine (C=N–C) groups is 1. The van der Waals surface area contributed by atoms with Gasteiger partial charge < -0.3 is 15.0 Å². The first-order chi connectivity index (χ1) is 7.53. The van der Waals surface area contributed by atoms with Gasteiger partial charge in [-0.05, 0) is 27.2 Å². The summed E-state index contributed by atoms with van der Waals surface area (Å²) in [6.45, 7) is 6.26. The molecule has 1 aromatic heterocycles. The number of hydrogen-bond donors (Lipinski definition) is 1. The molecule has 1 aliphatic heterocycles. The van der Waals surface area contributed by atoms with E-state index >= 15 is 0 Å². The molecular weight excluding hydrogens is 386 g/mol. The van der Waals surface area contributed by atoms with Gasteiger partial charge in [0, 0.05) is 33.2 Å². The second kappa shape index (κ2) is 5.24. The summed E-state index contributed by atoms with van der Waals surface area (Å²) in [4.78, 5) is 16.1. The predicted molar refractivity (Wildman–Crippen MR) is 63.4 cm³/mol. The van der Waals surface area contributed by atoms with Gasteiger partial charge in [-0.15, -0.1) is 0 Å². The molecule has 0 unspecified atom stereocenters. The Hall–Kier alpha value is -0.788. The quantitative estimate of drug-likeness (QED) is 0.654. The van der Waals surface area contributed by atoms with Gasteiger partial charge in [-0.2, -0.15) is 0 Å². The number of nitrogens with one attached hydrogen (secondary N) is 1. The van der Waals surface area contributed by atoms with Crippen molar-refractivity contribution in [2.24, 2.45) is 9.98 Å². The van der Waals surface area contributed by atoms with Gasteiger partial charge in [0.2, 0.25) is 0 Å². The van der Waals surface area contributed by atoms with E-state index in [9.17, 15) is 0 Å². The molecule has 0 bridgehead atoms. The van der Waals surface area contributed by atoms with Crippen molar-refractivity contribution in [2.45, 2.75) is 39.2 Å². The Morgan fingerprint density at radius 2 is 2.06 bits per heavy atom. The van der Waals surface area contributed by atoms with E-state index in [0.29, 0.717) is 5.62 Å². The van der Waals surface area contributed by atoms with Gasteiger partial charge in [0.05, 0.1) is 5.54 Å². The first-order valence-electron chi connectivity index (χ1n) is 5.52. The van der Waals surface area contributed by atoms with E-state index in [-0.39, 0.29) is 26.0 Å². The minimum absolute atomic E-state index is 0. The van der Waals surface area contributed by atoms with E-state index in [4.69, 9.17) is 4.99 Å². The maximum absolute atomic E-state index is 4.70. The summed E-state index contributed by atoms with van der Waals surface area (Å²) in [5.74, 6) is 0. The fourth-order valence-electron chi connectivity index (χ4n) is 2.10. The van der Waals surface area contributed by atoms with E-state index < -0.39 is 0 Å². The van der Waals surface area contributed by atoms with Crippen molar-refractivity contribution in [3.05, 3.63) is 23.1 Å². The van der Waals surface area contributed by atoms with Crippen LogP contribution >= 0.6 is 0 Å². The van der Waals surface area contributed by atoms with Gasteiger partial charge in [0.1, 0.15) is 5.62 Å². The summed E-state index contributed by atoms with van der Waals surface area (Å²) in [5.41, 5.74) is 3.77. The maximum Gasteiger partial charge on any atom is 0.106 e. The molecule has 0 fully saturated rings. The van der Waals surface area contributed by atoms with Crippen molar-refractivity contribution in [1.82, 2.24) is 9.97 Å². The molecule has 0 aromatic carbocycles. The van der Waals surface area contributed by atoms with E-state index in [1.165, 1.54) is 5.71 Å². The third-order valence-corrected chi connectivity index (χ3v) is 2.87. The monoisotopic (exact) mass is 404 g/mol. The Morgan fingerprint density at radius 1 is 1.35 bits per heavy atom. The van der Waals surface area contributed by atoms with Crippen LogP contribution < -0.4 is 5.62 Å². The van der Waals surface area contributed by atoms with E-state index in [0.717, 1.165) is 24.1 Å². The second-order valence-electron chi connectivity index (χ2n) is 4.66. The maximum atomic E-state index is 4.70. The van der Waals surface area contributed by atoms with Crippen LogP contribution in [0.1, 0.15) is 38.4 Å². The average Bonchev–Trinajstić information content (AvgIpc) is 2.35. The molecule has 2 heterocycles. The second-order valence-corrected chi connectivity index (χ2v) is 4.66. The molecule has 0 saturated carbocycles. The van der Waals surface area contributed by atoms with Crippen LogP contribution in [0.2, 0.25) is 0 Å². The molecule has 1 radical (unpaired) electrons. The third kappa shape index (κ3) is 2.91. The molecule has 2 rings (SSSR count). The van der Waals surface area contributed by atoms with Crippen LogP contribution in [0.5, 0.6) is 0 Å². The van der Waals surface area contributed by atoms with E-state index in [1.807, 2.05) is 0 Å². The van der Waals surface area contributed by atoms with Crippen molar-refractivity contribution >= 4 is 5.71 Å². The largest absolute Gasteiger partial charge is 0.433 e. The van der Waals surface area contributed by atoms with Crippen molar-refractivity contribution in [2.75, 3.05) is 7.05 Å². The topological polar surface area (TPSA) is 53.4 Å². The number of hydrogen-bond acceptors (Lipinski definition) is 3. The Bertz CT molecular complexity index is 499. The minimum Gasteiger partial charge on any atom is -0.433 e. The molecule has 0 spiro atoms. The van der Waals surface area contributed by atoms with Crippen LogP contribution in [-0.2, 0) is 32.4 Å². The third-order valence-electron chi connectivity index (χ3n) is 2.87. The van der Waals surface area contributed by atoms with Gasteiger partial charge >= 0.3 is 0 Å². The number of aromatic nitrogens is 2. The van der Waals surface area contributed by atoms with Crippen molar-refractivity contribution < 1.29 is 20.4 Å². The molecule has 1 N–H and O–H groups in total. The molecular formula is C12H17N4Re-. The fourth-order valence-corrected chi connectivity index (χ4v) is 2.10. The van der Waals surface area contributed by atoms with Crippen molar-refractivity contribution in [3.63, 3.8) is 0 Å². The van der Waals surface area contributed by atoms with Gasteiger partial charge in [-0.1, -0.05) is 23.9 Å². The zero-order valence-electron chi connectivity index (χ0n) is 10.6. The molecule has 0 aliphatic carbocycles. The number of rotatable bonds is 0. The first kappa shape index (κ1) is 14.3. The fraction of sp³-hybridized carbons (Fsp3) is 0.583. The molecule has 0 saturated heterocycles. The average molecular weight is 404 g/mol. The van der Waals surface area contributed by atoms with Gasteiger partial charge in [-0.3, -0.25) is 4.99 Å². The summed E-state index contributed by atoms with van der Waals surface area (Å²) < 4.78 is 0. The van der Waals surface area contributed by atoms with Crippen LogP contribution in [0.25, 0.3) is 0 Å². The zero-order chi connectivity index (χ0) is 11.8. The standard InChI is InChI=1S/C12H17N4.Re/c1-8-5-6-10-9(12(2,3)16-8)7-14-11(13-4)15-10;/h5-6H2,1-4H3,(H,13,14,15);/q-1;. The molecule has 0 atom stereocenters. The molecule has 1 aromatic rings. The van der Waals surface area contributed by atoms with Gasteiger partial charge in [-0.25, -0.2) is 0 Å². The summed E-state index contributed by atoms with van der Waals surface area (Å²) in [6.07, 6.45) is 5.01. The molecule has 93 valence electrons. The summed E-state index contributed by atoms with van der Waals surface area (Å²) in [5, 5.41) is 0. The van der Waals surface area contributed by atoms with Crippen LogP contribution in [0.4, 0.5) is 0 Å². The number of nitrogens with zero attached hydrogens (tertiary/aromatic N) is 3. The molecule has 17 heavy (non-hydrogen) atoms. The molecule has 0 amide bonds. The summed E-state index contributed by atoms with van der Waals surface area (Å²) in [6, 6.07) is 0. The SMILES string of the molecule is CN=c1n[c-]c2c([nH]1)CCC(C)=NC2(C)C.[Re]. The van der Waals surface area contributed by atoms with Crippen LogP contribution in [0, 0.1) is 6.20 Å². The minimum atomic E-state index is -0.244. The Labute approximate surface area is 115 Å². The molecule has 5 heteroatoms. The van der Waals surface area contributed by atoms with Gasteiger partial charge in [0.25, 0.3) is 0 Å². The van der Waals surface area contributed by atoms with Crippen molar-refractivity contribution in [1.29, 1.82) is 0 Å². The summed E-state index contributed by atoms with van der Waals surface area (Å²) >= 11 is 0. The number of fused-ring (bicyclic) bond motifs is 1. The Morgan fingerprint density at radius 3 is 2.71 bits per heavy atom. The summed E-state index contributed by atoms with van der Waals surface area (Å²) in [7, 11) is 1.72.